The van der Waals surface area contributed by atoms with Crippen LogP contribution in [0.4, 0.5) is 0 Å². The van der Waals surface area contributed by atoms with Gasteiger partial charge in [0.1, 0.15) is 5.54 Å². The molecule has 0 spiro atoms. The number of nitrogens with one attached hydrogen (secondary N) is 1. The highest BCUT2D eigenvalue weighted by atomic mass is 16.4. The lowest BCUT2D eigenvalue weighted by Gasteiger charge is -2.24. The first-order valence-corrected chi connectivity index (χ1v) is 4.45. The molecule has 0 aliphatic heterocycles. The van der Waals surface area contributed by atoms with Gasteiger partial charge in [0, 0.05) is 13.0 Å². The van der Waals surface area contributed by atoms with Crippen molar-refractivity contribution in [2.75, 3.05) is 6.54 Å². The van der Waals surface area contributed by atoms with E-state index in [1.807, 2.05) is 6.92 Å². The van der Waals surface area contributed by atoms with Gasteiger partial charge in [0.15, 0.2) is 0 Å². The Labute approximate surface area is 79.5 Å². The van der Waals surface area contributed by atoms with Crippen molar-refractivity contribution < 1.29 is 9.90 Å². The van der Waals surface area contributed by atoms with Crippen molar-refractivity contribution in [3.63, 3.8) is 0 Å². The minimum absolute atomic E-state index is 0.571. The Morgan fingerprint density at radius 2 is 2.23 bits per heavy atom. The van der Waals surface area contributed by atoms with E-state index in [0.717, 1.165) is 0 Å². The van der Waals surface area contributed by atoms with Gasteiger partial charge in [-0.2, -0.15) is 0 Å². The standard InChI is InChI=1S/C10H17NO2/c1-4-6-7-8-11-10(3,5-2)9(12)13/h11H,5,7-8H2,1-3H3,(H,12,13). The number of carboxylic acid groups (broad SMARTS) is 1. The molecule has 0 aliphatic carbocycles. The molecule has 0 fully saturated rings. The van der Waals surface area contributed by atoms with Crippen molar-refractivity contribution >= 4 is 5.97 Å². The lowest BCUT2D eigenvalue weighted by atomic mass is 9.99. The summed E-state index contributed by atoms with van der Waals surface area (Å²) >= 11 is 0. The topological polar surface area (TPSA) is 49.3 Å². The van der Waals surface area contributed by atoms with Crippen LogP contribution in [-0.4, -0.2) is 23.2 Å². The third-order valence-corrected chi connectivity index (χ3v) is 2.12. The molecule has 0 bridgehead atoms. The van der Waals surface area contributed by atoms with Gasteiger partial charge in [0.25, 0.3) is 0 Å². The zero-order valence-corrected chi connectivity index (χ0v) is 8.48. The van der Waals surface area contributed by atoms with Crippen LogP contribution in [0.2, 0.25) is 0 Å². The van der Waals surface area contributed by atoms with Crippen LogP contribution in [0.25, 0.3) is 0 Å². The smallest absolute Gasteiger partial charge is 0.323 e. The quantitative estimate of drug-likeness (QED) is 0.498. The Hall–Kier alpha value is -1.01. The fourth-order valence-corrected chi connectivity index (χ4v) is 0.878. The van der Waals surface area contributed by atoms with Crippen LogP contribution in [-0.2, 0) is 4.79 Å². The maximum Gasteiger partial charge on any atom is 0.323 e. The summed E-state index contributed by atoms with van der Waals surface area (Å²) in [5, 5.41) is 11.9. The van der Waals surface area contributed by atoms with E-state index in [9.17, 15) is 4.79 Å². The third kappa shape index (κ3) is 3.95. The van der Waals surface area contributed by atoms with E-state index in [-0.39, 0.29) is 0 Å². The molecule has 0 saturated heterocycles. The highest BCUT2D eigenvalue weighted by Gasteiger charge is 2.29. The number of rotatable bonds is 5. The second-order valence-corrected chi connectivity index (χ2v) is 3.09. The van der Waals surface area contributed by atoms with Crippen molar-refractivity contribution in [3.8, 4) is 11.8 Å². The summed E-state index contributed by atoms with van der Waals surface area (Å²) < 4.78 is 0. The first-order valence-electron chi connectivity index (χ1n) is 4.45. The summed E-state index contributed by atoms with van der Waals surface area (Å²) in [4.78, 5) is 10.8. The maximum atomic E-state index is 10.8. The van der Waals surface area contributed by atoms with Crippen LogP contribution in [0, 0.1) is 11.8 Å². The van der Waals surface area contributed by atoms with Gasteiger partial charge in [-0.15, -0.1) is 11.8 Å². The molecule has 0 radical (unpaired) electrons. The summed E-state index contributed by atoms with van der Waals surface area (Å²) in [7, 11) is 0. The Morgan fingerprint density at radius 3 is 2.62 bits per heavy atom. The molecule has 13 heavy (non-hydrogen) atoms. The average Bonchev–Trinajstić information content (AvgIpc) is 2.12. The lowest BCUT2D eigenvalue weighted by molar-refractivity contribution is -0.144. The van der Waals surface area contributed by atoms with Crippen LogP contribution >= 0.6 is 0 Å². The highest BCUT2D eigenvalue weighted by Crippen LogP contribution is 2.08. The van der Waals surface area contributed by atoms with Gasteiger partial charge in [-0.3, -0.25) is 4.79 Å². The fourth-order valence-electron chi connectivity index (χ4n) is 0.878. The number of carbonyl (C=O) groups is 1. The summed E-state index contributed by atoms with van der Waals surface area (Å²) in [6.45, 7) is 5.94. The molecule has 74 valence electrons. The molecule has 1 atom stereocenters. The van der Waals surface area contributed by atoms with E-state index < -0.39 is 11.5 Å². The van der Waals surface area contributed by atoms with E-state index in [1.165, 1.54) is 0 Å². The minimum Gasteiger partial charge on any atom is -0.480 e. The largest absolute Gasteiger partial charge is 0.480 e. The Balaban J connectivity index is 3.96. The second kappa shape index (κ2) is 5.60. The Morgan fingerprint density at radius 1 is 1.62 bits per heavy atom. The Bertz CT molecular complexity index is 227. The number of hydrogen-bond donors (Lipinski definition) is 2. The molecule has 3 nitrogen and oxygen atoms in total. The predicted octanol–water partition coefficient (Wildman–Crippen LogP) is 1.24. The molecule has 3 heteroatoms. The average molecular weight is 183 g/mol. The SMILES string of the molecule is CC#CCCNC(C)(CC)C(=O)O. The van der Waals surface area contributed by atoms with Crippen molar-refractivity contribution in [2.24, 2.45) is 0 Å². The lowest BCUT2D eigenvalue weighted by Crippen LogP contribution is -2.49. The molecule has 0 aromatic rings. The Kier molecular flexibility index (Phi) is 5.17. The van der Waals surface area contributed by atoms with Crippen LogP contribution < -0.4 is 5.32 Å². The zero-order valence-electron chi connectivity index (χ0n) is 8.48. The predicted molar refractivity (Wildman–Crippen MR) is 52.4 cm³/mol. The van der Waals surface area contributed by atoms with Gasteiger partial charge in [0.05, 0.1) is 0 Å². The summed E-state index contributed by atoms with van der Waals surface area (Å²) in [5.74, 6) is 4.84. The zero-order chi connectivity index (χ0) is 10.3. The number of hydrogen-bond acceptors (Lipinski definition) is 2. The van der Waals surface area contributed by atoms with Gasteiger partial charge < -0.3 is 10.4 Å². The van der Waals surface area contributed by atoms with E-state index in [0.29, 0.717) is 19.4 Å². The van der Waals surface area contributed by atoms with Crippen LogP contribution in [0.3, 0.4) is 0 Å². The molecule has 0 aliphatic rings. The van der Waals surface area contributed by atoms with Gasteiger partial charge in [0.2, 0.25) is 0 Å². The van der Waals surface area contributed by atoms with Gasteiger partial charge in [-0.05, 0) is 20.3 Å². The normalized spacial score (nSPS) is 14.1. The van der Waals surface area contributed by atoms with Crippen molar-refractivity contribution in [2.45, 2.75) is 39.2 Å². The summed E-state index contributed by atoms with van der Waals surface area (Å²) in [5.41, 5.74) is -0.810. The number of aliphatic carboxylic acids is 1. The fraction of sp³-hybridized carbons (Fsp3) is 0.700. The monoisotopic (exact) mass is 183 g/mol. The molecule has 0 amide bonds. The van der Waals surface area contributed by atoms with Gasteiger partial charge in [-0.1, -0.05) is 6.92 Å². The molecule has 0 rings (SSSR count). The highest BCUT2D eigenvalue weighted by molar-refractivity contribution is 5.78. The number of carboxylic acids is 1. The summed E-state index contributed by atoms with van der Waals surface area (Å²) in [6.07, 6.45) is 1.27. The van der Waals surface area contributed by atoms with Crippen LogP contribution in [0.5, 0.6) is 0 Å². The first kappa shape index (κ1) is 12.0. The third-order valence-electron chi connectivity index (χ3n) is 2.12. The van der Waals surface area contributed by atoms with E-state index in [2.05, 4.69) is 17.2 Å². The van der Waals surface area contributed by atoms with Crippen LogP contribution in [0.1, 0.15) is 33.6 Å². The molecule has 2 N–H and O–H groups in total. The molecule has 0 heterocycles. The van der Waals surface area contributed by atoms with E-state index >= 15 is 0 Å². The van der Waals surface area contributed by atoms with E-state index in [1.54, 1.807) is 13.8 Å². The van der Waals surface area contributed by atoms with E-state index in [4.69, 9.17) is 5.11 Å². The summed E-state index contributed by atoms with van der Waals surface area (Å²) in [6, 6.07) is 0. The molecule has 1 unspecified atom stereocenters. The second-order valence-electron chi connectivity index (χ2n) is 3.09. The molecule has 0 aromatic carbocycles. The molecule has 0 saturated carbocycles. The van der Waals surface area contributed by atoms with Gasteiger partial charge >= 0.3 is 5.97 Å². The van der Waals surface area contributed by atoms with Crippen molar-refractivity contribution in [1.29, 1.82) is 0 Å². The maximum absolute atomic E-state index is 10.8. The molecular formula is C10H17NO2. The minimum atomic E-state index is -0.810. The molecule has 0 aromatic heterocycles. The van der Waals surface area contributed by atoms with Crippen molar-refractivity contribution in [1.82, 2.24) is 5.32 Å². The molecular weight excluding hydrogens is 166 g/mol. The first-order chi connectivity index (χ1) is 6.06. The van der Waals surface area contributed by atoms with Crippen LogP contribution in [0.15, 0.2) is 0 Å². The van der Waals surface area contributed by atoms with Gasteiger partial charge in [-0.25, -0.2) is 0 Å². The van der Waals surface area contributed by atoms with Crippen molar-refractivity contribution in [3.05, 3.63) is 0 Å².